The predicted octanol–water partition coefficient (Wildman–Crippen LogP) is 0.846. The van der Waals surface area contributed by atoms with Gasteiger partial charge in [-0.2, -0.15) is 0 Å². The third kappa shape index (κ3) is 4.52. The topological polar surface area (TPSA) is 106 Å². The highest BCUT2D eigenvalue weighted by molar-refractivity contribution is 5.87. The number of carboxylic acids is 1. The quantitative estimate of drug-likeness (QED) is 0.736. The van der Waals surface area contributed by atoms with Crippen LogP contribution in [0.2, 0.25) is 0 Å². The Morgan fingerprint density at radius 1 is 1.38 bits per heavy atom. The first kappa shape index (κ1) is 17.1. The lowest BCUT2D eigenvalue weighted by Crippen LogP contribution is -2.33. The molecule has 1 aromatic rings. The van der Waals surface area contributed by atoms with Crippen LogP contribution in [0.3, 0.4) is 0 Å². The van der Waals surface area contributed by atoms with Crippen LogP contribution in [0.25, 0.3) is 0 Å². The normalized spacial score (nSPS) is 12.4. The Balaban J connectivity index is 2.83. The second kappa shape index (κ2) is 7.72. The van der Waals surface area contributed by atoms with Gasteiger partial charge in [-0.3, -0.25) is 4.79 Å². The van der Waals surface area contributed by atoms with Crippen LogP contribution in [0, 0.1) is 5.92 Å². The summed E-state index contributed by atoms with van der Waals surface area (Å²) in [7, 11) is 1.44. The molecule has 1 rings (SSSR count). The van der Waals surface area contributed by atoms with E-state index in [0.29, 0.717) is 12.5 Å². The van der Waals surface area contributed by atoms with Crippen molar-refractivity contribution in [1.82, 2.24) is 20.3 Å². The van der Waals surface area contributed by atoms with Gasteiger partial charge in [0, 0.05) is 13.7 Å². The Labute approximate surface area is 123 Å². The van der Waals surface area contributed by atoms with Crippen molar-refractivity contribution in [3.05, 3.63) is 11.4 Å². The van der Waals surface area contributed by atoms with Crippen LogP contribution in [0.5, 0.6) is 0 Å². The number of carboxylic acid groups (broad SMARTS) is 1. The molecule has 8 nitrogen and oxygen atoms in total. The van der Waals surface area contributed by atoms with Gasteiger partial charge >= 0.3 is 5.97 Å². The Kier molecular flexibility index (Phi) is 6.29. The van der Waals surface area contributed by atoms with E-state index in [-0.39, 0.29) is 23.9 Å². The van der Waals surface area contributed by atoms with Crippen molar-refractivity contribution in [2.75, 3.05) is 13.7 Å². The third-order valence-corrected chi connectivity index (χ3v) is 3.04. The number of carbonyl (C=O) groups is 2. The maximum atomic E-state index is 12.1. The first-order chi connectivity index (χ1) is 9.88. The largest absolute Gasteiger partial charge is 0.476 e. The zero-order chi connectivity index (χ0) is 16.0. The number of ether oxygens (including phenoxy) is 1. The molecule has 0 saturated heterocycles. The van der Waals surface area contributed by atoms with E-state index >= 15 is 0 Å². The average molecular weight is 298 g/mol. The van der Waals surface area contributed by atoms with E-state index < -0.39 is 12.0 Å². The van der Waals surface area contributed by atoms with Crippen LogP contribution in [0.1, 0.15) is 49.4 Å². The smallest absolute Gasteiger partial charge is 0.358 e. The van der Waals surface area contributed by atoms with Crippen LogP contribution >= 0.6 is 0 Å². The van der Waals surface area contributed by atoms with E-state index in [1.807, 2.05) is 0 Å². The van der Waals surface area contributed by atoms with Gasteiger partial charge in [0.1, 0.15) is 11.7 Å². The average Bonchev–Trinajstić information content (AvgIpc) is 2.81. The summed E-state index contributed by atoms with van der Waals surface area (Å²) in [6, 6.07) is -0.650. The molecule has 21 heavy (non-hydrogen) atoms. The molecule has 0 radical (unpaired) electrons. The Hall–Kier alpha value is -1.96. The molecular formula is C13H22N4O4. The number of hydrogen-bond donors (Lipinski definition) is 2. The summed E-state index contributed by atoms with van der Waals surface area (Å²) < 4.78 is 6.25. The molecule has 0 aliphatic heterocycles. The number of aromatic carboxylic acids is 1. The minimum atomic E-state index is -1.19. The zero-order valence-corrected chi connectivity index (χ0v) is 12.8. The second-order valence-electron chi connectivity index (χ2n) is 5.22. The summed E-state index contributed by atoms with van der Waals surface area (Å²) in [6.45, 7) is 6.38. The molecule has 1 heterocycles. The van der Waals surface area contributed by atoms with Gasteiger partial charge < -0.3 is 15.2 Å². The summed E-state index contributed by atoms with van der Waals surface area (Å²) in [5.74, 6) is -0.926. The second-order valence-corrected chi connectivity index (χ2v) is 5.22. The van der Waals surface area contributed by atoms with Gasteiger partial charge in [0.15, 0.2) is 5.69 Å². The lowest BCUT2D eigenvalue weighted by atomic mass is 10.1. The minimum Gasteiger partial charge on any atom is -0.476 e. The number of amides is 1. The van der Waals surface area contributed by atoms with E-state index in [9.17, 15) is 9.59 Å². The van der Waals surface area contributed by atoms with Gasteiger partial charge in [-0.05, 0) is 19.3 Å². The first-order valence-corrected chi connectivity index (χ1v) is 6.82. The van der Waals surface area contributed by atoms with Crippen molar-refractivity contribution >= 4 is 11.9 Å². The third-order valence-electron chi connectivity index (χ3n) is 3.04. The van der Waals surface area contributed by atoms with Crippen LogP contribution in [0.15, 0.2) is 0 Å². The molecule has 0 saturated carbocycles. The van der Waals surface area contributed by atoms with E-state index in [2.05, 4.69) is 29.5 Å². The number of methoxy groups -OCH3 is 1. The van der Waals surface area contributed by atoms with Crippen LogP contribution < -0.4 is 5.32 Å². The molecule has 0 spiro atoms. The number of nitrogens with zero attached hydrogens (tertiary/aromatic N) is 3. The Morgan fingerprint density at radius 2 is 2.05 bits per heavy atom. The van der Waals surface area contributed by atoms with Gasteiger partial charge in [-0.15, -0.1) is 5.10 Å². The minimum absolute atomic E-state index is 0.0260. The molecule has 1 unspecified atom stereocenters. The molecule has 0 bridgehead atoms. The summed E-state index contributed by atoms with van der Waals surface area (Å²) in [5.41, 5.74) is 0.0789. The number of rotatable bonds is 8. The lowest BCUT2D eigenvalue weighted by molar-refractivity contribution is -0.124. The predicted molar refractivity (Wildman–Crippen MR) is 74.9 cm³/mol. The van der Waals surface area contributed by atoms with Crippen LogP contribution in [0.4, 0.5) is 0 Å². The Morgan fingerprint density at radius 3 is 2.57 bits per heavy atom. The van der Waals surface area contributed by atoms with Crippen molar-refractivity contribution in [3.8, 4) is 0 Å². The van der Waals surface area contributed by atoms with Gasteiger partial charge in [0.2, 0.25) is 5.91 Å². The molecule has 0 aliphatic carbocycles. The van der Waals surface area contributed by atoms with Gasteiger partial charge in [-0.1, -0.05) is 19.1 Å². The van der Waals surface area contributed by atoms with Crippen LogP contribution in [-0.2, 0) is 16.1 Å². The molecule has 1 aromatic heterocycles. The number of hydrogen-bond acceptors (Lipinski definition) is 5. The number of carbonyl (C=O) groups excluding carboxylic acids is 1. The molecule has 1 atom stereocenters. The molecule has 1 amide bonds. The van der Waals surface area contributed by atoms with Crippen molar-refractivity contribution in [2.45, 2.75) is 39.8 Å². The molecular weight excluding hydrogens is 276 g/mol. The Bertz CT molecular complexity index is 498. The molecule has 8 heteroatoms. The molecule has 0 aromatic carbocycles. The van der Waals surface area contributed by atoms with Crippen molar-refractivity contribution in [2.24, 2.45) is 5.92 Å². The van der Waals surface area contributed by atoms with Crippen molar-refractivity contribution in [3.63, 3.8) is 0 Å². The monoisotopic (exact) mass is 298 g/mol. The van der Waals surface area contributed by atoms with E-state index in [1.54, 1.807) is 6.92 Å². The van der Waals surface area contributed by atoms with Gasteiger partial charge in [0.05, 0.1) is 6.61 Å². The standard InChI is InChI=1S/C13H22N4O4/c1-8(2)5-6-14-12(18)9(3)17-10(7-21-4)11(13(19)20)15-16-17/h8-9H,5-7H2,1-4H3,(H,14,18)(H,19,20). The van der Waals surface area contributed by atoms with Crippen molar-refractivity contribution < 1.29 is 19.4 Å². The summed E-state index contributed by atoms with van der Waals surface area (Å²) in [4.78, 5) is 23.2. The number of aromatic nitrogens is 3. The van der Waals surface area contributed by atoms with E-state index in [0.717, 1.165) is 6.42 Å². The highest BCUT2D eigenvalue weighted by atomic mass is 16.5. The number of nitrogens with one attached hydrogen (secondary N) is 1. The molecule has 2 N–H and O–H groups in total. The molecule has 0 fully saturated rings. The fourth-order valence-electron chi connectivity index (χ4n) is 1.80. The highest BCUT2D eigenvalue weighted by Gasteiger charge is 2.25. The first-order valence-electron chi connectivity index (χ1n) is 6.82. The van der Waals surface area contributed by atoms with Crippen molar-refractivity contribution in [1.29, 1.82) is 0 Å². The van der Waals surface area contributed by atoms with Gasteiger partial charge in [-0.25, -0.2) is 9.48 Å². The summed E-state index contributed by atoms with van der Waals surface area (Å²) in [6.07, 6.45) is 0.876. The summed E-state index contributed by atoms with van der Waals surface area (Å²) in [5, 5.41) is 19.2. The van der Waals surface area contributed by atoms with Gasteiger partial charge in [0.25, 0.3) is 0 Å². The lowest BCUT2D eigenvalue weighted by Gasteiger charge is -2.15. The SMILES string of the molecule is COCc1c(C(=O)O)nnn1C(C)C(=O)NCCC(C)C. The maximum Gasteiger partial charge on any atom is 0.358 e. The van der Waals surface area contributed by atoms with E-state index in [1.165, 1.54) is 11.8 Å². The van der Waals surface area contributed by atoms with E-state index in [4.69, 9.17) is 9.84 Å². The fourth-order valence-corrected chi connectivity index (χ4v) is 1.80. The highest BCUT2D eigenvalue weighted by Crippen LogP contribution is 2.14. The molecule has 0 aliphatic rings. The molecule has 118 valence electrons. The maximum absolute atomic E-state index is 12.1. The fraction of sp³-hybridized carbons (Fsp3) is 0.692. The summed E-state index contributed by atoms with van der Waals surface area (Å²) >= 11 is 0. The van der Waals surface area contributed by atoms with Crippen LogP contribution in [-0.4, -0.2) is 45.6 Å². The zero-order valence-electron chi connectivity index (χ0n) is 12.8.